The number of rotatable bonds is 2. The van der Waals surface area contributed by atoms with Crippen molar-refractivity contribution < 1.29 is 9.53 Å². The Morgan fingerprint density at radius 1 is 1.00 bits per heavy atom. The zero-order valence-corrected chi connectivity index (χ0v) is 11.8. The van der Waals surface area contributed by atoms with Crippen molar-refractivity contribution >= 4 is 5.91 Å². The summed E-state index contributed by atoms with van der Waals surface area (Å²) in [5.41, 5.74) is 23.5. The van der Waals surface area contributed by atoms with Crippen LogP contribution in [0.25, 0.3) is 0 Å². The van der Waals surface area contributed by atoms with Crippen molar-refractivity contribution in [1.29, 1.82) is 0 Å². The van der Waals surface area contributed by atoms with Crippen molar-refractivity contribution in [2.45, 2.75) is 51.0 Å². The van der Waals surface area contributed by atoms with Gasteiger partial charge in [0.1, 0.15) is 0 Å². The first kappa shape index (κ1) is 68.9. The van der Waals surface area contributed by atoms with Crippen LogP contribution in [0.2, 0.25) is 0 Å². The summed E-state index contributed by atoms with van der Waals surface area (Å²) in [4.78, 5) is 9.22. The van der Waals surface area contributed by atoms with Gasteiger partial charge in [-0.3, -0.25) is 4.79 Å². The minimum Gasteiger partial charge on any atom is -0.370 e. The first-order chi connectivity index (χ1) is 7.97. The van der Waals surface area contributed by atoms with Crippen molar-refractivity contribution in [3.8, 4) is 0 Å². The first-order valence-corrected chi connectivity index (χ1v) is 5.05. The van der Waals surface area contributed by atoms with Crippen LogP contribution in [0.15, 0.2) is 0 Å². The molecule has 0 fully saturated rings. The van der Waals surface area contributed by atoms with Crippen molar-refractivity contribution in [3.63, 3.8) is 0 Å². The molecule has 0 bridgehead atoms. The van der Waals surface area contributed by atoms with Crippen LogP contribution >= 0.6 is 0 Å². The first-order valence-electron chi connectivity index (χ1n) is 5.05. The van der Waals surface area contributed by atoms with Gasteiger partial charge in [-0.15, -0.1) is 0 Å². The molecule has 8 heteroatoms. The molecule has 11 N–H and O–H groups in total. The zero-order valence-electron chi connectivity index (χ0n) is 11.8. The van der Waals surface area contributed by atoms with E-state index in [0.717, 1.165) is 6.54 Å². The number of carbonyl (C=O) groups excluding carboxylic acids is 1. The van der Waals surface area contributed by atoms with Gasteiger partial charge in [0, 0.05) is 20.7 Å². The van der Waals surface area contributed by atoms with Crippen LogP contribution in [0.3, 0.4) is 0 Å². The Morgan fingerprint density at radius 3 is 1.09 bits per heavy atom. The molecule has 0 aliphatic rings. The van der Waals surface area contributed by atoms with E-state index in [1.54, 1.807) is 14.2 Å². The molecule has 0 saturated carbocycles. The molecule has 0 aliphatic carbocycles. The lowest BCUT2D eigenvalue weighted by molar-refractivity contribution is -0.115. The number of ether oxygens (including phenoxy) is 1. The maximum atomic E-state index is 9.22. The molecule has 0 aromatic carbocycles. The van der Waals surface area contributed by atoms with Gasteiger partial charge in [-0.05, 0) is 20.6 Å². The maximum Gasteiger partial charge on any atom is 0.214 e. The number of carbonyl (C=O) groups is 1. The molecule has 0 saturated heterocycles. The lowest BCUT2D eigenvalue weighted by atomic mass is 10.8. The van der Waals surface area contributed by atoms with E-state index in [-0.39, 0.29) is 43.0 Å². The van der Waals surface area contributed by atoms with Gasteiger partial charge in [0.15, 0.2) is 0 Å². The highest BCUT2D eigenvalue weighted by Gasteiger charge is 1.61. The van der Waals surface area contributed by atoms with E-state index in [1.165, 1.54) is 14.0 Å². The second-order valence-corrected chi connectivity index (χ2v) is 2.03. The molecule has 0 atom stereocenters. The minimum absolute atomic E-state index is 0. The van der Waals surface area contributed by atoms with Crippen LogP contribution in [0.1, 0.15) is 51.0 Å². The summed E-state index contributed by atoms with van der Waals surface area (Å²) in [5, 5.41) is 2.71. The van der Waals surface area contributed by atoms with Crippen molar-refractivity contribution in [2.24, 2.45) is 28.7 Å². The maximum absolute atomic E-state index is 9.22. The Morgan fingerprint density at radius 2 is 1.09 bits per heavy atom. The van der Waals surface area contributed by atoms with Gasteiger partial charge in [-0.2, -0.15) is 0 Å². The Balaban J connectivity index is -0.00000000983. The predicted molar refractivity (Wildman–Crippen MR) is 108 cm³/mol. The standard InChI is InChI=1S/C2H8N2.C2H7NO.C2H5NO.C2H7N.CH5N.5CH4/c2*1-4-2-3;1-2(3)4;1-2-3;1-2;;;;;/h4H,2-3H2,1H3;2-3H2,1H3;1H3,(H2,3,4);2-3H2,1H3;2H2,1H3;5*1H4. The Labute approximate surface area is 142 Å². The fourth-order valence-electron chi connectivity index (χ4n) is 0. The summed E-state index contributed by atoms with van der Waals surface area (Å²) in [6, 6.07) is 0. The summed E-state index contributed by atoms with van der Waals surface area (Å²) < 4.78 is 4.32. The highest BCUT2D eigenvalue weighted by atomic mass is 16.5. The number of nitrogens with two attached hydrogens (primary N) is 5. The van der Waals surface area contributed by atoms with E-state index in [2.05, 4.69) is 21.5 Å². The molecular formula is C14H52N6O2. The van der Waals surface area contributed by atoms with Crippen molar-refractivity contribution in [3.05, 3.63) is 0 Å². The summed E-state index contributed by atoms with van der Waals surface area (Å²) in [7, 11) is 4.86. The Kier molecular flexibility index (Phi) is 448. The smallest absolute Gasteiger partial charge is 0.214 e. The fourth-order valence-corrected chi connectivity index (χ4v) is 0. The number of amides is 1. The van der Waals surface area contributed by atoms with Crippen LogP contribution in [-0.2, 0) is 9.53 Å². The fraction of sp³-hybridized carbons (Fsp3) is 0.929. The van der Waals surface area contributed by atoms with E-state index in [9.17, 15) is 4.79 Å². The SMILES string of the molecule is C.C.C.C.C.CC(N)=O.CCN.CN.CNCN.COCN. The molecule has 0 aromatic heterocycles. The molecule has 0 aromatic rings. The van der Waals surface area contributed by atoms with Crippen LogP contribution in [0, 0.1) is 0 Å². The molecule has 0 spiro atoms. The van der Waals surface area contributed by atoms with Crippen molar-refractivity contribution in [1.82, 2.24) is 5.32 Å². The minimum atomic E-state index is -0.333. The third-order valence-electron chi connectivity index (χ3n) is 0.371. The zero-order chi connectivity index (χ0) is 15.1. The molecule has 0 aliphatic heterocycles. The average Bonchev–Trinajstić information content (AvgIpc) is 2.32. The van der Waals surface area contributed by atoms with E-state index < -0.39 is 0 Å². The van der Waals surface area contributed by atoms with Gasteiger partial charge in [0.25, 0.3) is 0 Å². The van der Waals surface area contributed by atoms with E-state index in [4.69, 9.17) is 17.2 Å². The van der Waals surface area contributed by atoms with E-state index in [0.29, 0.717) is 13.4 Å². The third kappa shape index (κ3) is 4220. The molecule has 0 rings (SSSR count). The Bertz CT molecular complexity index is 87.4. The van der Waals surface area contributed by atoms with E-state index >= 15 is 0 Å². The number of hydrogen-bond acceptors (Lipinski definition) is 7. The van der Waals surface area contributed by atoms with E-state index in [1.807, 2.05) is 6.92 Å². The molecule has 1 amide bonds. The van der Waals surface area contributed by atoms with Crippen molar-refractivity contribution in [2.75, 3.05) is 41.1 Å². The molecule has 22 heavy (non-hydrogen) atoms. The number of hydrogen-bond donors (Lipinski definition) is 6. The monoisotopic (exact) mass is 336 g/mol. The number of primary amides is 1. The normalized spacial score (nSPS) is 4.95. The number of methoxy groups -OCH3 is 1. The molecule has 0 radical (unpaired) electrons. The lowest BCUT2D eigenvalue weighted by Gasteiger charge is -1.77. The highest BCUT2D eigenvalue weighted by molar-refractivity contribution is 5.70. The largest absolute Gasteiger partial charge is 0.370 e. The molecule has 150 valence electrons. The van der Waals surface area contributed by atoms with Gasteiger partial charge in [0.2, 0.25) is 5.91 Å². The third-order valence-corrected chi connectivity index (χ3v) is 0.371. The second kappa shape index (κ2) is 143. The van der Waals surface area contributed by atoms with Crippen LogP contribution < -0.4 is 34.0 Å². The van der Waals surface area contributed by atoms with Gasteiger partial charge in [-0.1, -0.05) is 44.1 Å². The highest BCUT2D eigenvalue weighted by Crippen LogP contribution is 1.40. The molecule has 0 unspecified atom stereocenters. The topological polar surface area (TPSA) is 168 Å². The number of nitrogens with one attached hydrogen (secondary N) is 1. The van der Waals surface area contributed by atoms with Gasteiger partial charge >= 0.3 is 0 Å². The second-order valence-electron chi connectivity index (χ2n) is 2.03. The molecule has 0 heterocycles. The summed E-state index contributed by atoms with van der Waals surface area (Å²) >= 11 is 0. The average molecular weight is 337 g/mol. The molecular weight excluding hydrogens is 284 g/mol. The summed E-state index contributed by atoms with van der Waals surface area (Å²) in [5.74, 6) is -0.333. The summed E-state index contributed by atoms with van der Waals surface area (Å²) in [6.45, 7) is 4.85. The van der Waals surface area contributed by atoms with Crippen LogP contribution in [0.4, 0.5) is 0 Å². The van der Waals surface area contributed by atoms with Gasteiger partial charge < -0.3 is 38.7 Å². The van der Waals surface area contributed by atoms with Crippen LogP contribution in [0.5, 0.6) is 0 Å². The quantitative estimate of drug-likeness (QED) is 0.406. The summed E-state index contributed by atoms with van der Waals surface area (Å²) in [6.07, 6.45) is 0. The van der Waals surface area contributed by atoms with Gasteiger partial charge in [-0.25, -0.2) is 0 Å². The molecule has 8 nitrogen and oxygen atoms in total. The van der Waals surface area contributed by atoms with Gasteiger partial charge in [0.05, 0.1) is 6.73 Å². The Hall–Kier alpha value is -0.770. The van der Waals surface area contributed by atoms with Crippen LogP contribution in [-0.4, -0.2) is 47.1 Å². The lowest BCUT2D eigenvalue weighted by Crippen LogP contribution is -2.15. The predicted octanol–water partition coefficient (Wildman–Crippen LogP) is 0.883.